The SMILES string of the molecule is COc1cc(C(=O)NC2CCN(C)CC2)ccc1Nc1ncc(C(F)(F)F)c(Oc2cccc3c2C(O)N(C)C3)n1. The molecule has 1 fully saturated rings. The minimum atomic E-state index is -4.79. The van der Waals surface area contributed by atoms with Crippen LogP contribution in [0.3, 0.4) is 0 Å². The standard InChI is InChI=1S/C28H31F3N6O4/c1-36-11-9-18(10-12-36)33-24(38)16-7-8-20(22(13-16)40-3)34-27-32-14-19(28(29,30)31)25(35-27)41-21-6-4-5-17-15-37(2)26(39)23(17)21/h4-8,13-14,18,26,39H,9-12,15H2,1-3H3,(H,33,38)(H,32,34,35). The first-order chi connectivity index (χ1) is 19.5. The summed E-state index contributed by atoms with van der Waals surface area (Å²) in [7, 11) is 5.15. The first kappa shape index (κ1) is 28.6. The van der Waals surface area contributed by atoms with Gasteiger partial charge in [0, 0.05) is 29.9 Å². The number of anilines is 2. The minimum Gasteiger partial charge on any atom is -0.495 e. The summed E-state index contributed by atoms with van der Waals surface area (Å²) in [6.07, 6.45) is -3.48. The number of ether oxygens (including phenoxy) is 2. The number of hydrogen-bond acceptors (Lipinski definition) is 9. The molecule has 1 amide bonds. The van der Waals surface area contributed by atoms with E-state index in [1.54, 1.807) is 42.3 Å². The Morgan fingerprint density at radius 2 is 1.88 bits per heavy atom. The minimum absolute atomic E-state index is 0.0621. The lowest BCUT2D eigenvalue weighted by molar-refractivity contribution is -0.139. The summed E-state index contributed by atoms with van der Waals surface area (Å²) in [6.45, 7) is 2.23. The number of likely N-dealkylation sites (tertiary alicyclic amines) is 1. The molecule has 1 atom stereocenters. The van der Waals surface area contributed by atoms with Crippen molar-refractivity contribution in [3.05, 3.63) is 64.8 Å². The number of nitrogens with zero attached hydrogens (tertiary/aromatic N) is 4. The molecule has 218 valence electrons. The van der Waals surface area contributed by atoms with Gasteiger partial charge in [-0.1, -0.05) is 12.1 Å². The summed E-state index contributed by atoms with van der Waals surface area (Å²) in [5.41, 5.74) is 0.668. The fraction of sp³-hybridized carbons (Fsp3) is 0.393. The van der Waals surface area contributed by atoms with E-state index in [9.17, 15) is 23.1 Å². The third kappa shape index (κ3) is 6.21. The van der Waals surface area contributed by atoms with E-state index >= 15 is 0 Å². The Morgan fingerprint density at radius 3 is 2.59 bits per heavy atom. The van der Waals surface area contributed by atoms with Crippen molar-refractivity contribution in [2.24, 2.45) is 0 Å². The van der Waals surface area contributed by atoms with Crippen molar-refractivity contribution in [3.63, 3.8) is 0 Å². The number of rotatable bonds is 7. The van der Waals surface area contributed by atoms with Crippen LogP contribution in [0.4, 0.5) is 24.8 Å². The topological polar surface area (TPSA) is 112 Å². The molecule has 3 N–H and O–H groups in total. The van der Waals surface area contributed by atoms with E-state index in [-0.39, 0.29) is 29.4 Å². The number of nitrogens with one attached hydrogen (secondary N) is 2. The van der Waals surface area contributed by atoms with E-state index in [2.05, 4.69) is 25.5 Å². The number of aliphatic hydroxyl groups excluding tert-OH is 1. The molecule has 1 unspecified atom stereocenters. The predicted octanol–water partition coefficient (Wildman–Crippen LogP) is 4.30. The van der Waals surface area contributed by atoms with Crippen LogP contribution in [0.15, 0.2) is 42.6 Å². The van der Waals surface area contributed by atoms with Gasteiger partial charge >= 0.3 is 6.18 Å². The Bertz CT molecular complexity index is 1430. The van der Waals surface area contributed by atoms with Crippen LogP contribution in [0.1, 0.15) is 46.1 Å². The molecule has 0 aliphatic carbocycles. The maximum absolute atomic E-state index is 13.9. The van der Waals surface area contributed by atoms with E-state index < -0.39 is 23.8 Å². The van der Waals surface area contributed by atoms with Crippen molar-refractivity contribution in [2.45, 2.75) is 37.8 Å². The van der Waals surface area contributed by atoms with Crippen LogP contribution in [0.5, 0.6) is 17.4 Å². The van der Waals surface area contributed by atoms with Crippen molar-refractivity contribution in [1.82, 2.24) is 25.1 Å². The van der Waals surface area contributed by atoms with E-state index in [1.165, 1.54) is 13.2 Å². The zero-order valence-electron chi connectivity index (χ0n) is 22.8. The highest BCUT2D eigenvalue weighted by Crippen LogP contribution is 2.42. The Kier molecular flexibility index (Phi) is 8.02. The molecule has 10 nitrogen and oxygen atoms in total. The third-order valence-corrected chi connectivity index (χ3v) is 7.28. The number of alkyl halides is 3. The van der Waals surface area contributed by atoms with E-state index in [0.717, 1.165) is 31.5 Å². The molecule has 2 aliphatic rings. The van der Waals surface area contributed by atoms with Crippen molar-refractivity contribution in [2.75, 3.05) is 39.6 Å². The molecule has 1 saturated heterocycles. The molecule has 1 aromatic heterocycles. The van der Waals surface area contributed by atoms with E-state index in [0.29, 0.717) is 29.6 Å². The van der Waals surface area contributed by atoms with Gasteiger partial charge in [0.25, 0.3) is 5.91 Å². The molecule has 0 spiro atoms. The first-order valence-electron chi connectivity index (χ1n) is 13.1. The smallest absolute Gasteiger partial charge is 0.423 e. The number of aromatic nitrogens is 2. The molecule has 5 rings (SSSR count). The van der Waals surface area contributed by atoms with Gasteiger partial charge in [0.2, 0.25) is 11.8 Å². The van der Waals surface area contributed by atoms with Crippen LogP contribution >= 0.6 is 0 Å². The highest BCUT2D eigenvalue weighted by molar-refractivity contribution is 5.95. The summed E-state index contributed by atoms with van der Waals surface area (Å²) >= 11 is 0. The molecule has 0 saturated carbocycles. The summed E-state index contributed by atoms with van der Waals surface area (Å²) in [4.78, 5) is 24.5. The number of halogens is 3. The Hall–Kier alpha value is -3.94. The second-order valence-electron chi connectivity index (χ2n) is 10.2. The normalized spacial score (nSPS) is 18.2. The molecule has 0 bridgehead atoms. The molecule has 3 heterocycles. The summed E-state index contributed by atoms with van der Waals surface area (Å²) in [5.74, 6) is -0.807. The highest BCUT2D eigenvalue weighted by Gasteiger charge is 2.37. The fourth-order valence-corrected chi connectivity index (χ4v) is 4.97. The maximum atomic E-state index is 13.9. The van der Waals surface area contributed by atoms with Crippen molar-refractivity contribution in [1.29, 1.82) is 0 Å². The number of fused-ring (bicyclic) bond motifs is 1. The molecule has 13 heteroatoms. The van der Waals surface area contributed by atoms with Gasteiger partial charge in [0.1, 0.15) is 23.3 Å². The number of carbonyl (C=O) groups is 1. The number of benzene rings is 2. The van der Waals surface area contributed by atoms with Gasteiger partial charge in [-0.2, -0.15) is 18.2 Å². The lowest BCUT2D eigenvalue weighted by Gasteiger charge is -2.29. The molecule has 0 radical (unpaired) electrons. The van der Waals surface area contributed by atoms with Crippen LogP contribution in [0, 0.1) is 0 Å². The Labute approximate surface area is 235 Å². The van der Waals surface area contributed by atoms with Crippen molar-refractivity contribution >= 4 is 17.5 Å². The van der Waals surface area contributed by atoms with E-state index in [1.807, 2.05) is 7.05 Å². The fourth-order valence-electron chi connectivity index (χ4n) is 4.97. The predicted molar refractivity (Wildman–Crippen MR) is 144 cm³/mol. The van der Waals surface area contributed by atoms with Crippen LogP contribution < -0.4 is 20.1 Å². The zero-order valence-corrected chi connectivity index (χ0v) is 22.8. The average molecular weight is 573 g/mol. The number of methoxy groups -OCH3 is 1. The number of carbonyl (C=O) groups excluding carboxylic acids is 1. The molecular formula is C28H31F3N6O4. The number of aliphatic hydroxyl groups is 1. The summed E-state index contributed by atoms with van der Waals surface area (Å²) in [5, 5.41) is 16.4. The number of hydrogen-bond donors (Lipinski definition) is 3. The van der Waals surface area contributed by atoms with Gasteiger partial charge in [-0.05, 0) is 69.9 Å². The zero-order chi connectivity index (χ0) is 29.3. The average Bonchev–Trinajstić information content (AvgIpc) is 3.23. The van der Waals surface area contributed by atoms with Crippen molar-refractivity contribution < 1.29 is 32.5 Å². The lowest BCUT2D eigenvalue weighted by atomic mass is 10.0. The molecular weight excluding hydrogens is 541 g/mol. The maximum Gasteiger partial charge on any atom is 0.423 e. The number of amides is 1. The Balaban J connectivity index is 1.39. The largest absolute Gasteiger partial charge is 0.495 e. The van der Waals surface area contributed by atoms with Gasteiger partial charge in [-0.3, -0.25) is 9.69 Å². The highest BCUT2D eigenvalue weighted by atomic mass is 19.4. The van der Waals surface area contributed by atoms with Gasteiger partial charge < -0.3 is 30.1 Å². The van der Waals surface area contributed by atoms with Crippen LogP contribution in [0.2, 0.25) is 0 Å². The van der Waals surface area contributed by atoms with Crippen LogP contribution in [0.25, 0.3) is 0 Å². The monoisotopic (exact) mass is 572 g/mol. The second-order valence-corrected chi connectivity index (χ2v) is 10.2. The number of piperidine rings is 1. The van der Waals surface area contributed by atoms with Gasteiger partial charge in [0.15, 0.2) is 0 Å². The molecule has 41 heavy (non-hydrogen) atoms. The molecule has 2 aromatic carbocycles. The Morgan fingerprint density at radius 1 is 1.12 bits per heavy atom. The van der Waals surface area contributed by atoms with Gasteiger partial charge in [-0.25, -0.2) is 4.98 Å². The van der Waals surface area contributed by atoms with Crippen LogP contribution in [-0.2, 0) is 12.7 Å². The summed E-state index contributed by atoms with van der Waals surface area (Å²) in [6, 6.07) is 9.67. The summed E-state index contributed by atoms with van der Waals surface area (Å²) < 4.78 is 52.7. The second kappa shape index (κ2) is 11.5. The van der Waals surface area contributed by atoms with Gasteiger partial charge in [0.05, 0.1) is 12.8 Å². The quantitative estimate of drug-likeness (QED) is 0.382. The lowest BCUT2D eigenvalue weighted by Crippen LogP contribution is -2.43. The van der Waals surface area contributed by atoms with Crippen LogP contribution in [-0.4, -0.2) is 71.1 Å². The first-order valence-corrected chi connectivity index (χ1v) is 13.1. The van der Waals surface area contributed by atoms with Gasteiger partial charge in [-0.15, -0.1) is 0 Å². The third-order valence-electron chi connectivity index (χ3n) is 7.28. The molecule has 2 aliphatic heterocycles. The van der Waals surface area contributed by atoms with E-state index in [4.69, 9.17) is 9.47 Å². The molecule has 3 aromatic rings. The van der Waals surface area contributed by atoms with Crippen molar-refractivity contribution in [3.8, 4) is 17.4 Å².